The number of benzene rings is 1. The van der Waals surface area contributed by atoms with Crippen LogP contribution in [0.1, 0.15) is 0 Å². The Kier molecular flexibility index (Phi) is 3.18. The van der Waals surface area contributed by atoms with E-state index in [1.165, 1.54) is 26.5 Å². The molecule has 1 aromatic carbocycles. The lowest BCUT2D eigenvalue weighted by atomic mass is 10.1. The molecule has 88 valence electrons. The van der Waals surface area contributed by atoms with Crippen molar-refractivity contribution in [2.24, 2.45) is 0 Å². The molecule has 2 aromatic rings. The van der Waals surface area contributed by atoms with Gasteiger partial charge in [0.15, 0.2) is 11.6 Å². The van der Waals surface area contributed by atoms with Gasteiger partial charge in [-0.25, -0.2) is 9.37 Å². The second-order valence-corrected chi connectivity index (χ2v) is 3.30. The molecule has 0 aliphatic heterocycles. The molecule has 0 aliphatic carbocycles. The highest BCUT2D eigenvalue weighted by Gasteiger charge is 2.07. The summed E-state index contributed by atoms with van der Waals surface area (Å²) in [4.78, 5) is 8.13. The van der Waals surface area contributed by atoms with Crippen molar-refractivity contribution >= 4 is 0 Å². The third kappa shape index (κ3) is 2.33. The molecule has 0 spiro atoms. The molecule has 0 radical (unpaired) electrons. The highest BCUT2D eigenvalue weighted by Crippen LogP contribution is 2.24. The number of ether oxygens (including phenoxy) is 2. The predicted molar refractivity (Wildman–Crippen MR) is 60.5 cm³/mol. The molecule has 1 aromatic heterocycles. The molecule has 0 saturated carbocycles. The average Bonchev–Trinajstić information content (AvgIpc) is 2.38. The molecule has 0 amide bonds. The molecule has 0 atom stereocenters. The van der Waals surface area contributed by atoms with Gasteiger partial charge in [-0.3, -0.25) is 4.98 Å². The Bertz CT molecular complexity index is 532. The molecular formula is C12H11FN2O2. The van der Waals surface area contributed by atoms with Crippen molar-refractivity contribution in [1.29, 1.82) is 0 Å². The minimum absolute atomic E-state index is 0.199. The first-order chi connectivity index (χ1) is 8.24. The molecule has 1 heterocycles. The number of hydrogen-bond acceptors (Lipinski definition) is 4. The summed E-state index contributed by atoms with van der Waals surface area (Å²) in [6.45, 7) is 0. The van der Waals surface area contributed by atoms with Crippen LogP contribution in [-0.4, -0.2) is 24.2 Å². The van der Waals surface area contributed by atoms with E-state index < -0.39 is 5.82 Å². The van der Waals surface area contributed by atoms with Gasteiger partial charge < -0.3 is 9.47 Å². The predicted octanol–water partition coefficient (Wildman–Crippen LogP) is 2.30. The topological polar surface area (TPSA) is 44.2 Å². The average molecular weight is 234 g/mol. The summed E-state index contributed by atoms with van der Waals surface area (Å²) in [5.74, 6) is 0.151. The van der Waals surface area contributed by atoms with Crippen molar-refractivity contribution in [1.82, 2.24) is 9.97 Å². The lowest BCUT2D eigenvalue weighted by Gasteiger charge is -2.05. The molecule has 0 unspecified atom stereocenters. The van der Waals surface area contributed by atoms with Crippen molar-refractivity contribution in [3.8, 4) is 22.9 Å². The van der Waals surface area contributed by atoms with Crippen LogP contribution in [-0.2, 0) is 0 Å². The van der Waals surface area contributed by atoms with Crippen LogP contribution in [0.15, 0.2) is 30.6 Å². The number of hydrogen-bond donors (Lipinski definition) is 0. The zero-order chi connectivity index (χ0) is 12.3. The van der Waals surface area contributed by atoms with Crippen molar-refractivity contribution in [3.63, 3.8) is 0 Å². The number of halogens is 1. The van der Waals surface area contributed by atoms with Gasteiger partial charge in [0.25, 0.3) is 0 Å². The van der Waals surface area contributed by atoms with E-state index in [0.29, 0.717) is 17.1 Å². The minimum atomic E-state index is -0.436. The Morgan fingerprint density at radius 1 is 1.12 bits per heavy atom. The third-order valence-electron chi connectivity index (χ3n) is 2.27. The van der Waals surface area contributed by atoms with Crippen LogP contribution < -0.4 is 9.47 Å². The summed E-state index contributed by atoms with van der Waals surface area (Å²) >= 11 is 0. The Morgan fingerprint density at radius 3 is 2.59 bits per heavy atom. The fraction of sp³-hybridized carbons (Fsp3) is 0.167. The molecule has 0 saturated heterocycles. The number of aromatic nitrogens is 2. The SMILES string of the molecule is COc1cncc(-c2ccc(OC)c(F)c2)n1. The van der Waals surface area contributed by atoms with Gasteiger partial charge in [0.2, 0.25) is 5.88 Å². The maximum absolute atomic E-state index is 13.5. The Hall–Kier alpha value is -2.17. The Labute approximate surface area is 98.1 Å². The first-order valence-electron chi connectivity index (χ1n) is 4.94. The van der Waals surface area contributed by atoms with E-state index in [4.69, 9.17) is 9.47 Å². The molecule has 2 rings (SSSR count). The summed E-state index contributed by atoms with van der Waals surface area (Å²) in [6.07, 6.45) is 3.03. The molecular weight excluding hydrogens is 223 g/mol. The monoisotopic (exact) mass is 234 g/mol. The van der Waals surface area contributed by atoms with E-state index in [1.807, 2.05) is 0 Å². The summed E-state index contributed by atoms with van der Waals surface area (Å²) in [6, 6.07) is 4.61. The van der Waals surface area contributed by atoms with Crippen molar-refractivity contribution < 1.29 is 13.9 Å². The lowest BCUT2D eigenvalue weighted by molar-refractivity contribution is 0.386. The van der Waals surface area contributed by atoms with Gasteiger partial charge in [0, 0.05) is 5.56 Å². The van der Waals surface area contributed by atoms with Crippen molar-refractivity contribution in [2.45, 2.75) is 0 Å². The van der Waals surface area contributed by atoms with E-state index in [-0.39, 0.29) is 5.75 Å². The zero-order valence-corrected chi connectivity index (χ0v) is 9.48. The van der Waals surface area contributed by atoms with E-state index in [2.05, 4.69) is 9.97 Å². The number of nitrogens with zero attached hydrogens (tertiary/aromatic N) is 2. The third-order valence-corrected chi connectivity index (χ3v) is 2.27. The summed E-state index contributed by atoms with van der Waals surface area (Å²) in [7, 11) is 2.92. The van der Waals surface area contributed by atoms with Gasteiger partial charge in [-0.2, -0.15) is 0 Å². The molecule has 0 fully saturated rings. The van der Waals surface area contributed by atoms with E-state index in [1.54, 1.807) is 18.3 Å². The summed E-state index contributed by atoms with van der Waals surface area (Å²) < 4.78 is 23.3. The van der Waals surface area contributed by atoms with Crippen LogP contribution in [0.3, 0.4) is 0 Å². The first-order valence-corrected chi connectivity index (χ1v) is 4.94. The highest BCUT2D eigenvalue weighted by atomic mass is 19.1. The zero-order valence-electron chi connectivity index (χ0n) is 9.48. The van der Waals surface area contributed by atoms with Crippen LogP contribution in [0, 0.1) is 5.82 Å². The molecule has 5 heteroatoms. The number of rotatable bonds is 3. The van der Waals surface area contributed by atoms with Gasteiger partial charge in [-0.05, 0) is 18.2 Å². The van der Waals surface area contributed by atoms with E-state index >= 15 is 0 Å². The van der Waals surface area contributed by atoms with Gasteiger partial charge in [-0.1, -0.05) is 0 Å². The highest BCUT2D eigenvalue weighted by molar-refractivity contribution is 5.59. The van der Waals surface area contributed by atoms with Crippen LogP contribution in [0.2, 0.25) is 0 Å². The molecule has 0 N–H and O–H groups in total. The normalized spacial score (nSPS) is 10.1. The van der Waals surface area contributed by atoms with E-state index in [9.17, 15) is 4.39 Å². The largest absolute Gasteiger partial charge is 0.494 e. The van der Waals surface area contributed by atoms with Gasteiger partial charge >= 0.3 is 0 Å². The van der Waals surface area contributed by atoms with Crippen LogP contribution in [0.25, 0.3) is 11.3 Å². The molecule has 0 bridgehead atoms. The Balaban J connectivity index is 2.42. The second kappa shape index (κ2) is 4.78. The fourth-order valence-electron chi connectivity index (χ4n) is 1.41. The fourth-order valence-corrected chi connectivity index (χ4v) is 1.41. The molecule has 17 heavy (non-hydrogen) atoms. The smallest absolute Gasteiger partial charge is 0.232 e. The Morgan fingerprint density at radius 2 is 1.94 bits per heavy atom. The summed E-state index contributed by atoms with van der Waals surface area (Å²) in [5, 5.41) is 0. The molecule has 0 aliphatic rings. The van der Waals surface area contributed by atoms with Crippen molar-refractivity contribution in [2.75, 3.05) is 14.2 Å². The maximum atomic E-state index is 13.5. The van der Waals surface area contributed by atoms with Crippen LogP contribution in [0.4, 0.5) is 4.39 Å². The van der Waals surface area contributed by atoms with E-state index in [0.717, 1.165) is 0 Å². The van der Waals surface area contributed by atoms with Crippen molar-refractivity contribution in [3.05, 3.63) is 36.4 Å². The second-order valence-electron chi connectivity index (χ2n) is 3.30. The quantitative estimate of drug-likeness (QED) is 0.817. The first kappa shape index (κ1) is 11.3. The molecule has 4 nitrogen and oxygen atoms in total. The standard InChI is InChI=1S/C12H11FN2O2/c1-16-11-4-3-8(5-9(11)13)10-6-14-7-12(15-10)17-2/h3-7H,1-2H3. The van der Waals surface area contributed by atoms with Gasteiger partial charge in [0.05, 0.1) is 32.3 Å². The van der Waals surface area contributed by atoms with Crippen LogP contribution in [0.5, 0.6) is 11.6 Å². The minimum Gasteiger partial charge on any atom is -0.494 e. The van der Waals surface area contributed by atoms with Gasteiger partial charge in [-0.15, -0.1) is 0 Å². The lowest BCUT2D eigenvalue weighted by Crippen LogP contribution is -1.93. The van der Waals surface area contributed by atoms with Crippen LogP contribution >= 0.6 is 0 Å². The summed E-state index contributed by atoms with van der Waals surface area (Å²) in [5.41, 5.74) is 1.17. The number of methoxy groups -OCH3 is 2. The van der Waals surface area contributed by atoms with Gasteiger partial charge in [0.1, 0.15) is 0 Å². The maximum Gasteiger partial charge on any atom is 0.232 e.